The van der Waals surface area contributed by atoms with Gasteiger partial charge in [0.05, 0.1) is 6.10 Å². The predicted octanol–water partition coefficient (Wildman–Crippen LogP) is 2.70. The number of nitrogens with zero attached hydrogens (tertiary/aromatic N) is 1. The molecule has 20 heavy (non-hydrogen) atoms. The lowest BCUT2D eigenvalue weighted by Crippen LogP contribution is -2.37. The van der Waals surface area contributed by atoms with Crippen LogP contribution in [0, 0.1) is 11.7 Å². The predicted molar refractivity (Wildman–Crippen MR) is 80.5 cm³/mol. The number of hydrogen-bond acceptors (Lipinski definition) is 3. The molecule has 1 atom stereocenters. The van der Waals surface area contributed by atoms with Gasteiger partial charge in [-0.2, -0.15) is 0 Å². The Morgan fingerprint density at radius 2 is 2.15 bits per heavy atom. The number of benzene rings is 1. The summed E-state index contributed by atoms with van der Waals surface area (Å²) in [5.74, 6) is 0.358. The van der Waals surface area contributed by atoms with Gasteiger partial charge in [-0.3, -0.25) is 0 Å². The van der Waals surface area contributed by atoms with E-state index >= 15 is 0 Å². The van der Waals surface area contributed by atoms with Crippen LogP contribution in [0.3, 0.4) is 0 Å². The summed E-state index contributed by atoms with van der Waals surface area (Å²) in [6.45, 7) is 5.70. The first kappa shape index (κ1) is 15.3. The molecule has 1 aliphatic rings. The van der Waals surface area contributed by atoms with Gasteiger partial charge in [-0.05, 0) is 44.4 Å². The molecule has 2 rings (SSSR count). The zero-order valence-corrected chi connectivity index (χ0v) is 12.6. The highest BCUT2D eigenvalue weighted by molar-refractivity contribution is 5.55. The fourth-order valence-electron chi connectivity index (χ4n) is 3.03. The number of aliphatic hydroxyl groups is 1. The molecule has 1 aromatic rings. The van der Waals surface area contributed by atoms with E-state index in [1.165, 1.54) is 6.07 Å². The monoisotopic (exact) mass is 280 g/mol. The molecule has 0 radical (unpaired) electrons. The van der Waals surface area contributed by atoms with Crippen LogP contribution in [-0.2, 0) is 0 Å². The summed E-state index contributed by atoms with van der Waals surface area (Å²) in [5, 5.41) is 12.6. The number of nitrogens with one attached hydrogen (secondary N) is 1. The highest BCUT2D eigenvalue weighted by Gasteiger charge is 2.29. The van der Waals surface area contributed by atoms with E-state index in [9.17, 15) is 9.50 Å². The van der Waals surface area contributed by atoms with E-state index < -0.39 is 0 Å². The Kier molecular flexibility index (Phi) is 5.00. The first-order chi connectivity index (χ1) is 9.52. The minimum atomic E-state index is -0.156. The Labute approximate surface area is 120 Å². The average molecular weight is 280 g/mol. The van der Waals surface area contributed by atoms with Crippen LogP contribution in [0.2, 0.25) is 0 Å². The molecule has 1 aliphatic carbocycles. The second kappa shape index (κ2) is 6.55. The third kappa shape index (κ3) is 3.30. The van der Waals surface area contributed by atoms with Gasteiger partial charge >= 0.3 is 0 Å². The highest BCUT2D eigenvalue weighted by atomic mass is 19.1. The van der Waals surface area contributed by atoms with Gasteiger partial charge in [0.15, 0.2) is 0 Å². The second-order valence-corrected chi connectivity index (χ2v) is 5.82. The van der Waals surface area contributed by atoms with Crippen molar-refractivity contribution in [1.82, 2.24) is 5.32 Å². The molecular formula is C16H25FN2O. The normalized spacial score (nSPS) is 23.2. The van der Waals surface area contributed by atoms with Crippen molar-refractivity contribution in [1.29, 1.82) is 0 Å². The first-order valence-corrected chi connectivity index (χ1v) is 7.43. The molecule has 0 spiro atoms. The number of halogens is 1. The summed E-state index contributed by atoms with van der Waals surface area (Å²) in [5.41, 5.74) is 1.68. The van der Waals surface area contributed by atoms with Crippen LogP contribution in [0.1, 0.15) is 38.3 Å². The molecule has 1 saturated carbocycles. The number of rotatable bonds is 6. The Balaban J connectivity index is 2.15. The molecule has 4 heteroatoms. The molecule has 1 unspecified atom stereocenters. The quantitative estimate of drug-likeness (QED) is 0.841. The molecule has 0 bridgehead atoms. The number of aliphatic hydroxyl groups excluding tert-OH is 1. The smallest absolute Gasteiger partial charge is 0.130 e. The van der Waals surface area contributed by atoms with Gasteiger partial charge < -0.3 is 15.3 Å². The zero-order valence-electron chi connectivity index (χ0n) is 12.6. The van der Waals surface area contributed by atoms with Crippen LogP contribution < -0.4 is 10.2 Å². The maximum atomic E-state index is 14.2. The lowest BCUT2D eigenvalue weighted by atomic mass is 9.82. The molecular weight excluding hydrogens is 255 g/mol. The van der Waals surface area contributed by atoms with Gasteiger partial charge in [-0.1, -0.05) is 13.0 Å². The Morgan fingerprint density at radius 1 is 1.45 bits per heavy atom. The lowest BCUT2D eigenvalue weighted by Gasteiger charge is -2.36. The van der Waals surface area contributed by atoms with E-state index in [2.05, 4.69) is 10.2 Å². The Hall–Kier alpha value is -1.13. The van der Waals surface area contributed by atoms with Gasteiger partial charge in [0.1, 0.15) is 5.82 Å². The average Bonchev–Trinajstić information content (AvgIpc) is 2.36. The van der Waals surface area contributed by atoms with Crippen LogP contribution >= 0.6 is 0 Å². The molecule has 0 amide bonds. The number of hydrogen-bond donors (Lipinski definition) is 2. The maximum absolute atomic E-state index is 14.2. The van der Waals surface area contributed by atoms with Crippen molar-refractivity contribution in [2.45, 2.75) is 38.8 Å². The second-order valence-electron chi connectivity index (χ2n) is 5.82. The Bertz CT molecular complexity index is 446. The van der Waals surface area contributed by atoms with Crippen LogP contribution in [0.4, 0.5) is 10.1 Å². The van der Waals surface area contributed by atoms with E-state index in [0.717, 1.165) is 37.2 Å². The summed E-state index contributed by atoms with van der Waals surface area (Å²) in [7, 11) is 2.00. The fraction of sp³-hybridized carbons (Fsp3) is 0.625. The Morgan fingerprint density at radius 3 is 2.75 bits per heavy atom. The molecule has 0 saturated heterocycles. The van der Waals surface area contributed by atoms with Gasteiger partial charge in [-0.15, -0.1) is 0 Å². The molecule has 3 nitrogen and oxygen atoms in total. The largest absolute Gasteiger partial charge is 0.393 e. The van der Waals surface area contributed by atoms with Crippen molar-refractivity contribution >= 4 is 5.69 Å². The topological polar surface area (TPSA) is 35.5 Å². The zero-order chi connectivity index (χ0) is 14.7. The van der Waals surface area contributed by atoms with E-state index in [1.54, 1.807) is 6.07 Å². The van der Waals surface area contributed by atoms with Crippen LogP contribution in [0.15, 0.2) is 18.2 Å². The summed E-state index contributed by atoms with van der Waals surface area (Å²) < 4.78 is 14.2. The summed E-state index contributed by atoms with van der Waals surface area (Å²) in [6, 6.07) is 5.25. The van der Waals surface area contributed by atoms with Crippen molar-refractivity contribution < 1.29 is 9.50 Å². The van der Waals surface area contributed by atoms with Crippen LogP contribution in [-0.4, -0.2) is 31.3 Å². The molecule has 2 N–H and O–H groups in total. The van der Waals surface area contributed by atoms with Crippen molar-refractivity contribution in [3.63, 3.8) is 0 Å². The molecule has 1 aromatic carbocycles. The molecule has 1 fully saturated rings. The van der Waals surface area contributed by atoms with Gasteiger partial charge in [0.25, 0.3) is 0 Å². The van der Waals surface area contributed by atoms with Gasteiger partial charge in [0.2, 0.25) is 0 Å². The third-order valence-corrected chi connectivity index (χ3v) is 4.13. The molecule has 0 aromatic heterocycles. The van der Waals surface area contributed by atoms with E-state index in [4.69, 9.17) is 0 Å². The van der Waals surface area contributed by atoms with Crippen LogP contribution in [0.5, 0.6) is 0 Å². The first-order valence-electron chi connectivity index (χ1n) is 7.43. The highest BCUT2D eigenvalue weighted by Crippen LogP contribution is 2.32. The van der Waals surface area contributed by atoms with Crippen molar-refractivity contribution in [2.75, 3.05) is 25.0 Å². The summed E-state index contributed by atoms with van der Waals surface area (Å²) in [6.07, 6.45) is 1.58. The summed E-state index contributed by atoms with van der Waals surface area (Å²) in [4.78, 5) is 2.11. The van der Waals surface area contributed by atoms with E-state index in [0.29, 0.717) is 5.92 Å². The fourth-order valence-corrected chi connectivity index (χ4v) is 3.03. The minimum Gasteiger partial charge on any atom is -0.393 e. The van der Waals surface area contributed by atoms with Crippen molar-refractivity contribution in [2.24, 2.45) is 5.92 Å². The lowest BCUT2D eigenvalue weighted by molar-refractivity contribution is 0.0464. The SMILES string of the molecule is CCNC(C)c1c(F)cccc1N(C)CC1CC(O)C1. The standard InChI is InChI=1S/C16H25FN2O/c1-4-18-11(2)16-14(17)6-5-7-15(16)19(3)10-12-8-13(20)9-12/h5-7,11-13,18,20H,4,8-10H2,1-3H3. The van der Waals surface area contributed by atoms with Gasteiger partial charge in [0, 0.05) is 30.9 Å². The van der Waals surface area contributed by atoms with Gasteiger partial charge in [-0.25, -0.2) is 4.39 Å². The molecule has 112 valence electrons. The third-order valence-electron chi connectivity index (χ3n) is 4.13. The maximum Gasteiger partial charge on any atom is 0.130 e. The van der Waals surface area contributed by atoms with Crippen molar-refractivity contribution in [3.8, 4) is 0 Å². The molecule has 0 heterocycles. The summed E-state index contributed by atoms with van der Waals surface area (Å²) >= 11 is 0. The van der Waals surface area contributed by atoms with E-state index in [1.807, 2.05) is 27.0 Å². The van der Waals surface area contributed by atoms with E-state index in [-0.39, 0.29) is 18.0 Å². The number of anilines is 1. The minimum absolute atomic E-state index is 0.00868. The van der Waals surface area contributed by atoms with Crippen molar-refractivity contribution in [3.05, 3.63) is 29.6 Å². The van der Waals surface area contributed by atoms with Crippen LogP contribution in [0.25, 0.3) is 0 Å². The molecule has 0 aliphatic heterocycles.